The molecule has 32 heavy (non-hydrogen) atoms. The maximum Gasteiger partial charge on any atom is 0.130 e. The summed E-state index contributed by atoms with van der Waals surface area (Å²) in [6, 6.07) is 8.70. The molecular formula is C26H33N5S. The number of pyridine rings is 2. The van der Waals surface area contributed by atoms with Gasteiger partial charge in [0.2, 0.25) is 0 Å². The van der Waals surface area contributed by atoms with E-state index in [1.807, 2.05) is 6.20 Å². The Bertz CT molecular complexity index is 1200. The van der Waals surface area contributed by atoms with Gasteiger partial charge in [0.1, 0.15) is 10.5 Å². The first-order chi connectivity index (χ1) is 15.4. The van der Waals surface area contributed by atoms with E-state index in [1.54, 1.807) is 0 Å². The molecule has 0 amide bonds. The van der Waals surface area contributed by atoms with Crippen LogP contribution >= 0.6 is 12.2 Å². The summed E-state index contributed by atoms with van der Waals surface area (Å²) < 4.78 is 0.832. The van der Waals surface area contributed by atoms with E-state index < -0.39 is 0 Å². The highest BCUT2D eigenvalue weighted by Crippen LogP contribution is 2.32. The quantitative estimate of drug-likeness (QED) is 0.501. The van der Waals surface area contributed by atoms with Gasteiger partial charge in [0, 0.05) is 61.3 Å². The highest BCUT2D eigenvalue weighted by molar-refractivity contribution is 7.71. The molecule has 0 unspecified atom stereocenters. The predicted molar refractivity (Wildman–Crippen MR) is 138 cm³/mol. The van der Waals surface area contributed by atoms with Crippen LogP contribution in [0.5, 0.6) is 0 Å². The lowest BCUT2D eigenvalue weighted by atomic mass is 9.94. The lowest BCUT2D eigenvalue weighted by molar-refractivity contribution is 0.164. The number of H-pyrrole nitrogens is 1. The Morgan fingerprint density at radius 1 is 1.12 bits per heavy atom. The van der Waals surface area contributed by atoms with Crippen molar-refractivity contribution in [1.29, 1.82) is 0 Å². The molecule has 168 valence electrons. The number of fused-ring (bicyclic) bond motifs is 1. The second-order valence-electron chi connectivity index (χ2n) is 8.85. The minimum Gasteiger partial charge on any atom is -0.349 e. The zero-order valence-corrected chi connectivity index (χ0v) is 20.4. The van der Waals surface area contributed by atoms with Crippen LogP contribution in [0.25, 0.3) is 21.9 Å². The van der Waals surface area contributed by atoms with Crippen molar-refractivity contribution in [3.05, 3.63) is 64.2 Å². The Labute approximate surface area is 196 Å². The molecule has 0 atom stereocenters. The summed E-state index contributed by atoms with van der Waals surface area (Å²) in [5.41, 5.74) is 7.02. The first-order valence-corrected chi connectivity index (χ1v) is 11.7. The molecule has 2 aromatic heterocycles. The number of aromatic nitrogens is 2. The van der Waals surface area contributed by atoms with Gasteiger partial charge < -0.3 is 15.2 Å². The zero-order valence-electron chi connectivity index (χ0n) is 19.6. The molecule has 0 radical (unpaired) electrons. The van der Waals surface area contributed by atoms with Crippen molar-refractivity contribution < 1.29 is 0 Å². The van der Waals surface area contributed by atoms with Crippen molar-refractivity contribution >= 4 is 28.8 Å². The van der Waals surface area contributed by atoms with Crippen LogP contribution in [0, 0.1) is 18.5 Å². The second-order valence-corrected chi connectivity index (χ2v) is 9.26. The van der Waals surface area contributed by atoms with E-state index in [2.05, 4.69) is 83.7 Å². The van der Waals surface area contributed by atoms with E-state index >= 15 is 0 Å². The maximum absolute atomic E-state index is 5.52. The summed E-state index contributed by atoms with van der Waals surface area (Å²) in [5.74, 6) is 0.838. The molecule has 0 spiro atoms. The number of nitrogens with one attached hydrogen (secondary N) is 2. The van der Waals surface area contributed by atoms with Crippen molar-refractivity contribution in [1.82, 2.24) is 19.8 Å². The molecular weight excluding hydrogens is 414 g/mol. The van der Waals surface area contributed by atoms with E-state index in [0.717, 1.165) is 71.6 Å². The van der Waals surface area contributed by atoms with Gasteiger partial charge in [0.15, 0.2) is 0 Å². The van der Waals surface area contributed by atoms with Crippen LogP contribution in [0.2, 0.25) is 0 Å². The first-order valence-electron chi connectivity index (χ1n) is 11.3. The zero-order chi connectivity index (χ0) is 22.8. The first kappa shape index (κ1) is 22.6. The summed E-state index contributed by atoms with van der Waals surface area (Å²) in [6.45, 7) is 15.9. The Hall–Kier alpha value is -2.54. The van der Waals surface area contributed by atoms with Gasteiger partial charge in [0.25, 0.3) is 0 Å². The molecule has 6 heteroatoms. The SMILES string of the molecule is C=C(CN1CCN(C)CC1)Nc1cc2cc(-c3c(CC)[nH]c(=S)c(C)c3C)ccc2cn1. The van der Waals surface area contributed by atoms with E-state index in [9.17, 15) is 0 Å². The van der Waals surface area contributed by atoms with Crippen LogP contribution in [0.4, 0.5) is 5.82 Å². The highest BCUT2D eigenvalue weighted by Gasteiger charge is 2.15. The van der Waals surface area contributed by atoms with E-state index in [4.69, 9.17) is 12.2 Å². The van der Waals surface area contributed by atoms with Crippen LogP contribution in [-0.4, -0.2) is 59.5 Å². The maximum atomic E-state index is 5.52. The van der Waals surface area contributed by atoms with Crippen molar-refractivity contribution in [2.24, 2.45) is 0 Å². The number of likely N-dealkylation sites (N-methyl/N-ethyl adjacent to an activating group) is 1. The van der Waals surface area contributed by atoms with E-state index in [1.165, 1.54) is 22.4 Å². The fraction of sp³-hybridized carbons (Fsp3) is 0.385. The van der Waals surface area contributed by atoms with Gasteiger partial charge in [-0.3, -0.25) is 4.90 Å². The lowest BCUT2D eigenvalue weighted by Gasteiger charge is -2.32. The van der Waals surface area contributed by atoms with Crippen LogP contribution < -0.4 is 5.32 Å². The third kappa shape index (κ3) is 4.77. The van der Waals surface area contributed by atoms with E-state index in [-0.39, 0.29) is 0 Å². The van der Waals surface area contributed by atoms with Crippen LogP contribution in [0.1, 0.15) is 23.7 Å². The molecule has 0 bridgehead atoms. The summed E-state index contributed by atoms with van der Waals surface area (Å²) in [6.07, 6.45) is 2.84. The van der Waals surface area contributed by atoms with Gasteiger partial charge in [0.05, 0.1) is 0 Å². The second kappa shape index (κ2) is 9.53. The Morgan fingerprint density at radius 3 is 2.59 bits per heavy atom. The fourth-order valence-corrected chi connectivity index (χ4v) is 4.67. The summed E-state index contributed by atoms with van der Waals surface area (Å²) >= 11 is 5.52. The van der Waals surface area contributed by atoms with E-state index in [0.29, 0.717) is 0 Å². The molecule has 5 nitrogen and oxygen atoms in total. The summed E-state index contributed by atoms with van der Waals surface area (Å²) in [7, 11) is 2.17. The van der Waals surface area contributed by atoms with Crippen molar-refractivity contribution in [2.45, 2.75) is 27.2 Å². The average Bonchev–Trinajstić information content (AvgIpc) is 2.78. The van der Waals surface area contributed by atoms with Crippen molar-refractivity contribution in [3.63, 3.8) is 0 Å². The smallest absolute Gasteiger partial charge is 0.130 e. The lowest BCUT2D eigenvalue weighted by Crippen LogP contribution is -2.45. The highest BCUT2D eigenvalue weighted by atomic mass is 32.1. The topological polar surface area (TPSA) is 47.2 Å². The van der Waals surface area contributed by atoms with Gasteiger partial charge in [-0.1, -0.05) is 37.9 Å². The Kier molecular flexibility index (Phi) is 6.74. The van der Waals surface area contributed by atoms with Gasteiger partial charge in [-0.2, -0.15) is 0 Å². The average molecular weight is 448 g/mol. The minimum absolute atomic E-state index is 0.832. The Morgan fingerprint density at radius 2 is 1.88 bits per heavy atom. The third-order valence-electron chi connectivity index (χ3n) is 6.52. The van der Waals surface area contributed by atoms with Crippen LogP contribution in [-0.2, 0) is 6.42 Å². The molecule has 3 aromatic rings. The number of rotatable bonds is 6. The standard InChI is InChI=1S/C26H33N5S/c1-6-23-25(18(3)19(4)26(32)29-23)20-7-8-21-15-27-24(14-22(21)13-20)28-17(2)16-31-11-9-30(5)10-12-31/h7-8,13-15H,2,6,9-12,16H2,1,3-5H3,(H,27,28)(H,29,32). The molecule has 0 aliphatic carbocycles. The minimum atomic E-state index is 0.832. The summed E-state index contributed by atoms with van der Waals surface area (Å²) in [4.78, 5) is 12.8. The fourth-order valence-electron chi connectivity index (χ4n) is 4.39. The number of nitrogens with zero attached hydrogens (tertiary/aromatic N) is 3. The Balaban J connectivity index is 1.59. The number of hydrogen-bond donors (Lipinski definition) is 2. The number of piperazine rings is 1. The van der Waals surface area contributed by atoms with Crippen molar-refractivity contribution in [3.8, 4) is 11.1 Å². The monoisotopic (exact) mass is 447 g/mol. The number of anilines is 1. The van der Waals surface area contributed by atoms with Crippen LogP contribution in [0.15, 0.2) is 42.7 Å². The molecule has 2 N–H and O–H groups in total. The van der Waals surface area contributed by atoms with Gasteiger partial charge in [-0.25, -0.2) is 4.98 Å². The largest absolute Gasteiger partial charge is 0.349 e. The number of hydrogen-bond acceptors (Lipinski definition) is 5. The molecule has 0 saturated carbocycles. The predicted octanol–water partition coefficient (Wildman–Crippen LogP) is 5.31. The molecule has 1 aliphatic rings. The molecule has 1 aromatic carbocycles. The number of benzene rings is 1. The molecule has 1 saturated heterocycles. The van der Waals surface area contributed by atoms with Gasteiger partial charge in [-0.05, 0) is 61.5 Å². The van der Waals surface area contributed by atoms with Crippen molar-refractivity contribution in [2.75, 3.05) is 45.1 Å². The van der Waals surface area contributed by atoms with Gasteiger partial charge in [-0.15, -0.1) is 0 Å². The number of aryl methyl sites for hydroxylation is 1. The van der Waals surface area contributed by atoms with Crippen LogP contribution in [0.3, 0.4) is 0 Å². The molecule has 1 aliphatic heterocycles. The molecule has 3 heterocycles. The molecule has 1 fully saturated rings. The normalized spacial score (nSPS) is 15.2. The summed E-state index contributed by atoms with van der Waals surface area (Å²) in [5, 5.41) is 5.71. The third-order valence-corrected chi connectivity index (χ3v) is 6.93. The number of aromatic amines is 1. The van der Waals surface area contributed by atoms with Gasteiger partial charge >= 0.3 is 0 Å². The molecule has 4 rings (SSSR count).